The minimum atomic E-state index is -0.0782. The van der Waals surface area contributed by atoms with E-state index >= 15 is 0 Å². The highest BCUT2D eigenvalue weighted by atomic mass is 35.5. The average Bonchev–Trinajstić information content (AvgIpc) is 3.06. The van der Waals surface area contributed by atoms with E-state index in [0.717, 1.165) is 42.8 Å². The van der Waals surface area contributed by atoms with E-state index in [9.17, 15) is 4.79 Å². The van der Waals surface area contributed by atoms with Crippen molar-refractivity contribution < 1.29 is 4.79 Å². The highest BCUT2D eigenvalue weighted by molar-refractivity contribution is 5.96. The number of fused-ring (bicyclic) bond motifs is 1. The number of hydrogen-bond acceptors (Lipinski definition) is 4. The zero-order valence-electron chi connectivity index (χ0n) is 14.1. The van der Waals surface area contributed by atoms with Gasteiger partial charge in [-0.15, -0.1) is 24.8 Å². The number of hydrogen-bond donors (Lipinski definition) is 2. The van der Waals surface area contributed by atoms with Gasteiger partial charge in [0.2, 0.25) is 0 Å². The highest BCUT2D eigenvalue weighted by Gasteiger charge is 2.17. The molecule has 0 aliphatic carbocycles. The SMILES string of the molecule is Cl.Cl.O=C(NC1CCNCC1)c1cnc2c(c1)ncn2-c1ccccc1. The summed E-state index contributed by atoms with van der Waals surface area (Å²) >= 11 is 0. The van der Waals surface area contributed by atoms with Gasteiger partial charge in [0.25, 0.3) is 5.91 Å². The molecule has 0 radical (unpaired) electrons. The molecule has 138 valence electrons. The number of piperidine rings is 1. The van der Waals surface area contributed by atoms with E-state index in [1.807, 2.05) is 34.9 Å². The Morgan fingerprint density at radius 1 is 1.12 bits per heavy atom. The van der Waals surface area contributed by atoms with Gasteiger partial charge in [-0.05, 0) is 44.1 Å². The lowest BCUT2D eigenvalue weighted by Crippen LogP contribution is -2.42. The Labute approximate surface area is 164 Å². The number of para-hydroxylation sites is 1. The maximum absolute atomic E-state index is 12.4. The van der Waals surface area contributed by atoms with E-state index < -0.39 is 0 Å². The maximum atomic E-state index is 12.4. The molecular weight excluding hydrogens is 373 g/mol. The third-order valence-electron chi connectivity index (χ3n) is 4.36. The topological polar surface area (TPSA) is 71.8 Å². The van der Waals surface area contributed by atoms with Crippen LogP contribution in [0, 0.1) is 0 Å². The summed E-state index contributed by atoms with van der Waals surface area (Å²) in [6.07, 6.45) is 5.29. The van der Waals surface area contributed by atoms with Gasteiger partial charge in [-0.25, -0.2) is 9.97 Å². The smallest absolute Gasteiger partial charge is 0.253 e. The molecule has 3 aromatic rings. The maximum Gasteiger partial charge on any atom is 0.253 e. The second-order valence-electron chi connectivity index (χ2n) is 6.01. The van der Waals surface area contributed by atoms with Crippen molar-refractivity contribution in [2.45, 2.75) is 18.9 Å². The van der Waals surface area contributed by atoms with Crippen LogP contribution in [0.15, 0.2) is 48.9 Å². The van der Waals surface area contributed by atoms with Gasteiger partial charge < -0.3 is 10.6 Å². The highest BCUT2D eigenvalue weighted by Crippen LogP contribution is 2.17. The molecule has 4 rings (SSSR count). The zero-order chi connectivity index (χ0) is 16.4. The second kappa shape index (κ2) is 8.98. The van der Waals surface area contributed by atoms with E-state index in [4.69, 9.17) is 0 Å². The van der Waals surface area contributed by atoms with E-state index in [0.29, 0.717) is 5.56 Å². The summed E-state index contributed by atoms with van der Waals surface area (Å²) in [6.45, 7) is 1.90. The first kappa shape index (κ1) is 20.2. The van der Waals surface area contributed by atoms with Crippen molar-refractivity contribution in [3.63, 3.8) is 0 Å². The van der Waals surface area contributed by atoms with Gasteiger partial charge in [-0.3, -0.25) is 9.36 Å². The van der Waals surface area contributed by atoms with Crippen LogP contribution in [0.3, 0.4) is 0 Å². The molecule has 1 aliphatic rings. The second-order valence-corrected chi connectivity index (χ2v) is 6.01. The average molecular weight is 394 g/mol. The fourth-order valence-corrected chi connectivity index (χ4v) is 3.04. The predicted octanol–water partition coefficient (Wildman–Crippen LogP) is 2.75. The van der Waals surface area contributed by atoms with Crippen LogP contribution in [0.1, 0.15) is 23.2 Å². The number of carbonyl (C=O) groups is 1. The number of nitrogens with one attached hydrogen (secondary N) is 2. The van der Waals surface area contributed by atoms with Gasteiger partial charge >= 0.3 is 0 Å². The number of pyridine rings is 1. The first-order valence-electron chi connectivity index (χ1n) is 8.21. The normalized spacial score (nSPS) is 14.3. The standard InChI is InChI=1S/C18H19N5O.2ClH/c24-18(22-14-6-8-19-9-7-14)13-10-16-17(20-11-13)23(12-21-16)15-4-2-1-3-5-15;;/h1-5,10-12,14,19H,6-9H2,(H,22,24);2*1H. The molecule has 1 amide bonds. The van der Waals surface area contributed by atoms with Crippen molar-refractivity contribution >= 4 is 41.9 Å². The molecule has 2 N–H and O–H groups in total. The van der Waals surface area contributed by atoms with Gasteiger partial charge in [0.1, 0.15) is 11.8 Å². The summed E-state index contributed by atoms with van der Waals surface area (Å²) in [5.74, 6) is -0.0782. The van der Waals surface area contributed by atoms with Crippen LogP contribution in [0.4, 0.5) is 0 Å². The van der Waals surface area contributed by atoms with Crippen LogP contribution in [0.5, 0.6) is 0 Å². The van der Waals surface area contributed by atoms with Crippen molar-refractivity contribution in [2.75, 3.05) is 13.1 Å². The molecule has 1 saturated heterocycles. The molecule has 0 atom stereocenters. The molecule has 1 aliphatic heterocycles. The zero-order valence-corrected chi connectivity index (χ0v) is 15.7. The number of amides is 1. The minimum absolute atomic E-state index is 0. The van der Waals surface area contributed by atoms with E-state index in [1.165, 1.54) is 0 Å². The summed E-state index contributed by atoms with van der Waals surface area (Å²) in [6, 6.07) is 12.0. The number of halogens is 2. The Balaban J connectivity index is 0.00000121. The lowest BCUT2D eigenvalue weighted by atomic mass is 10.1. The number of benzene rings is 1. The van der Waals surface area contributed by atoms with Crippen LogP contribution in [-0.4, -0.2) is 39.6 Å². The summed E-state index contributed by atoms with van der Waals surface area (Å²) in [4.78, 5) is 21.3. The third kappa shape index (κ3) is 4.15. The quantitative estimate of drug-likeness (QED) is 0.717. The molecule has 0 bridgehead atoms. The number of imidazole rings is 1. The summed E-state index contributed by atoms with van der Waals surface area (Å²) in [5.41, 5.74) is 3.02. The Kier molecular flexibility index (Phi) is 6.97. The van der Waals surface area contributed by atoms with Crippen LogP contribution in [0.25, 0.3) is 16.9 Å². The van der Waals surface area contributed by atoms with Crippen LogP contribution in [0.2, 0.25) is 0 Å². The van der Waals surface area contributed by atoms with Crippen LogP contribution in [-0.2, 0) is 0 Å². The molecule has 0 unspecified atom stereocenters. The molecule has 3 heterocycles. The minimum Gasteiger partial charge on any atom is -0.349 e. The Bertz CT molecular complexity index is 862. The lowest BCUT2D eigenvalue weighted by Gasteiger charge is -2.23. The fraction of sp³-hybridized carbons (Fsp3) is 0.278. The van der Waals surface area contributed by atoms with Crippen molar-refractivity contribution in [1.29, 1.82) is 0 Å². The largest absolute Gasteiger partial charge is 0.349 e. The molecule has 1 aromatic carbocycles. The van der Waals surface area contributed by atoms with E-state index in [-0.39, 0.29) is 36.8 Å². The summed E-state index contributed by atoms with van der Waals surface area (Å²) in [5, 5.41) is 6.38. The Morgan fingerprint density at radius 2 is 1.85 bits per heavy atom. The number of aromatic nitrogens is 3. The number of nitrogens with zero attached hydrogens (tertiary/aromatic N) is 3. The van der Waals surface area contributed by atoms with Gasteiger partial charge in [0, 0.05) is 17.9 Å². The number of carbonyl (C=O) groups excluding carboxylic acids is 1. The summed E-state index contributed by atoms with van der Waals surface area (Å²) in [7, 11) is 0. The molecular formula is C18H21Cl2N5O. The third-order valence-corrected chi connectivity index (χ3v) is 4.36. The predicted molar refractivity (Wildman–Crippen MR) is 107 cm³/mol. The molecule has 0 saturated carbocycles. The van der Waals surface area contributed by atoms with Gasteiger partial charge in [-0.2, -0.15) is 0 Å². The number of rotatable bonds is 3. The summed E-state index contributed by atoms with van der Waals surface area (Å²) < 4.78 is 1.92. The molecule has 8 heteroatoms. The van der Waals surface area contributed by atoms with Crippen LogP contribution < -0.4 is 10.6 Å². The van der Waals surface area contributed by atoms with Crippen LogP contribution >= 0.6 is 24.8 Å². The molecule has 6 nitrogen and oxygen atoms in total. The van der Waals surface area contributed by atoms with Crippen molar-refractivity contribution in [3.8, 4) is 5.69 Å². The van der Waals surface area contributed by atoms with E-state index in [2.05, 4.69) is 20.6 Å². The van der Waals surface area contributed by atoms with Crippen molar-refractivity contribution in [3.05, 3.63) is 54.5 Å². The lowest BCUT2D eigenvalue weighted by molar-refractivity contribution is 0.0929. The monoisotopic (exact) mass is 393 g/mol. The fourth-order valence-electron chi connectivity index (χ4n) is 3.04. The van der Waals surface area contributed by atoms with Crippen molar-refractivity contribution in [2.24, 2.45) is 0 Å². The van der Waals surface area contributed by atoms with Gasteiger partial charge in [-0.1, -0.05) is 18.2 Å². The van der Waals surface area contributed by atoms with Gasteiger partial charge in [0.05, 0.1) is 5.56 Å². The molecule has 0 spiro atoms. The van der Waals surface area contributed by atoms with E-state index in [1.54, 1.807) is 18.6 Å². The first-order valence-corrected chi connectivity index (χ1v) is 8.21. The molecule has 2 aromatic heterocycles. The van der Waals surface area contributed by atoms with Gasteiger partial charge in [0.15, 0.2) is 5.65 Å². The molecule has 26 heavy (non-hydrogen) atoms. The Morgan fingerprint density at radius 3 is 2.58 bits per heavy atom. The first-order chi connectivity index (χ1) is 11.8. The Hall–Kier alpha value is -2.15. The molecule has 1 fully saturated rings. The van der Waals surface area contributed by atoms with Crippen molar-refractivity contribution in [1.82, 2.24) is 25.2 Å².